The van der Waals surface area contributed by atoms with Gasteiger partial charge in [0.05, 0.1) is 11.1 Å². The number of thiophene rings is 1. The highest BCUT2D eigenvalue weighted by molar-refractivity contribution is 7.18. The first kappa shape index (κ1) is 16.1. The first-order chi connectivity index (χ1) is 11.4. The van der Waals surface area contributed by atoms with Gasteiger partial charge in [0.2, 0.25) is 0 Å². The lowest BCUT2D eigenvalue weighted by molar-refractivity contribution is 0.262. The van der Waals surface area contributed by atoms with Crippen molar-refractivity contribution in [2.75, 3.05) is 16.4 Å². The highest BCUT2D eigenvalue weighted by Crippen LogP contribution is 2.32. The van der Waals surface area contributed by atoms with Gasteiger partial charge >= 0.3 is 6.03 Å². The number of urea groups is 1. The van der Waals surface area contributed by atoms with Crippen LogP contribution in [-0.2, 0) is 0 Å². The Balaban J connectivity index is 1.90. The van der Waals surface area contributed by atoms with Crippen LogP contribution in [0.25, 0.3) is 10.2 Å². The second kappa shape index (κ2) is 6.00. The third-order valence-corrected chi connectivity index (χ3v) is 4.67. The van der Waals surface area contributed by atoms with Crippen molar-refractivity contribution in [3.05, 3.63) is 40.5 Å². The van der Waals surface area contributed by atoms with Gasteiger partial charge < -0.3 is 11.1 Å². The monoisotopic (exact) mass is 349 g/mol. The van der Waals surface area contributed by atoms with E-state index in [4.69, 9.17) is 5.73 Å². The molecule has 0 spiro atoms. The van der Waals surface area contributed by atoms with E-state index in [-0.39, 0.29) is 11.5 Å². The van der Waals surface area contributed by atoms with Crippen molar-refractivity contribution in [3.8, 4) is 0 Å². The number of fused-ring (bicyclic) bond motifs is 1. The van der Waals surface area contributed by atoms with Crippen LogP contribution in [0.1, 0.15) is 10.4 Å². The van der Waals surface area contributed by atoms with Crippen LogP contribution < -0.4 is 16.4 Å². The molecule has 0 saturated heterocycles. The summed E-state index contributed by atoms with van der Waals surface area (Å²) in [5, 5.41) is 5.31. The third kappa shape index (κ3) is 2.73. The lowest BCUT2D eigenvalue weighted by atomic mass is 10.2. The molecule has 3 rings (SSSR count). The molecule has 9 heteroatoms. The van der Waals surface area contributed by atoms with Crippen molar-refractivity contribution in [1.29, 1.82) is 0 Å². The largest absolute Gasteiger partial charge is 0.396 e. The van der Waals surface area contributed by atoms with Crippen molar-refractivity contribution in [3.63, 3.8) is 0 Å². The summed E-state index contributed by atoms with van der Waals surface area (Å²) in [6.07, 6.45) is 1.31. The summed E-state index contributed by atoms with van der Waals surface area (Å²) in [4.78, 5) is 22.1. The Morgan fingerprint density at radius 3 is 2.71 bits per heavy atom. The molecular formula is C15H13F2N5OS. The average molecular weight is 349 g/mol. The predicted octanol–water partition coefficient (Wildman–Crippen LogP) is 3.81. The standard InChI is InChI=1S/C15H13F2N5OS/c1-6-7(2)24-14-10(6)13(19-5-20-14)22-15(23)21-12-8(16)3-4-9(18)11(12)17/h3-5H,18H2,1-2H3,(H2,19,20,21,22,23). The van der Waals surface area contributed by atoms with Crippen molar-refractivity contribution in [2.24, 2.45) is 0 Å². The third-order valence-electron chi connectivity index (χ3n) is 3.56. The van der Waals surface area contributed by atoms with Gasteiger partial charge in [-0.25, -0.2) is 23.5 Å². The number of carbonyl (C=O) groups excluding carboxylic acids is 1. The zero-order valence-corrected chi connectivity index (χ0v) is 13.6. The minimum absolute atomic E-state index is 0.263. The van der Waals surface area contributed by atoms with E-state index >= 15 is 0 Å². The number of anilines is 3. The summed E-state index contributed by atoms with van der Waals surface area (Å²) < 4.78 is 27.5. The van der Waals surface area contributed by atoms with Gasteiger partial charge in [-0.1, -0.05) is 0 Å². The molecule has 0 aliphatic heterocycles. The Hall–Kier alpha value is -2.81. The zero-order valence-electron chi connectivity index (χ0n) is 12.8. The fraction of sp³-hybridized carbons (Fsp3) is 0.133. The molecule has 124 valence electrons. The molecule has 0 atom stereocenters. The highest BCUT2D eigenvalue weighted by Gasteiger charge is 2.17. The second-order valence-corrected chi connectivity index (χ2v) is 6.29. The van der Waals surface area contributed by atoms with Crippen molar-refractivity contribution in [2.45, 2.75) is 13.8 Å². The summed E-state index contributed by atoms with van der Waals surface area (Å²) in [6.45, 7) is 3.82. The number of amides is 2. The lowest BCUT2D eigenvalue weighted by Crippen LogP contribution is -2.22. The van der Waals surface area contributed by atoms with E-state index in [9.17, 15) is 13.6 Å². The number of carbonyl (C=O) groups is 1. The highest BCUT2D eigenvalue weighted by atomic mass is 32.1. The number of aromatic nitrogens is 2. The number of aryl methyl sites for hydroxylation is 2. The molecule has 24 heavy (non-hydrogen) atoms. The summed E-state index contributed by atoms with van der Waals surface area (Å²) in [5.74, 6) is -1.68. The minimum Gasteiger partial charge on any atom is -0.396 e. The Labute approximate surface area is 139 Å². The van der Waals surface area contributed by atoms with Crippen LogP contribution in [0.4, 0.5) is 30.8 Å². The number of nitrogens with zero attached hydrogens (tertiary/aromatic N) is 2. The molecule has 0 fully saturated rings. The molecule has 0 saturated carbocycles. The number of nitrogen functional groups attached to an aromatic ring is 1. The Morgan fingerprint density at radius 2 is 1.96 bits per heavy atom. The van der Waals surface area contributed by atoms with E-state index in [1.54, 1.807) is 0 Å². The van der Waals surface area contributed by atoms with Gasteiger partial charge in [-0.15, -0.1) is 11.3 Å². The summed E-state index contributed by atoms with van der Waals surface area (Å²) in [5.41, 5.74) is 5.44. The van der Waals surface area contributed by atoms with Gasteiger partial charge in [-0.2, -0.15) is 0 Å². The van der Waals surface area contributed by atoms with Gasteiger partial charge in [0, 0.05) is 4.88 Å². The van der Waals surface area contributed by atoms with E-state index in [0.29, 0.717) is 5.39 Å². The lowest BCUT2D eigenvalue weighted by Gasteiger charge is -2.10. The van der Waals surface area contributed by atoms with Crippen LogP contribution in [0, 0.1) is 25.5 Å². The predicted molar refractivity (Wildman–Crippen MR) is 90.3 cm³/mol. The molecule has 0 aliphatic carbocycles. The molecule has 4 N–H and O–H groups in total. The van der Waals surface area contributed by atoms with Crippen LogP contribution in [0.5, 0.6) is 0 Å². The fourth-order valence-corrected chi connectivity index (χ4v) is 3.21. The van der Waals surface area contributed by atoms with Crippen molar-refractivity contribution < 1.29 is 13.6 Å². The summed E-state index contributed by atoms with van der Waals surface area (Å²) in [7, 11) is 0. The van der Waals surface area contributed by atoms with Crippen LogP contribution in [0.2, 0.25) is 0 Å². The maximum absolute atomic E-state index is 13.9. The molecule has 2 amide bonds. The SMILES string of the molecule is Cc1sc2ncnc(NC(=O)Nc3c(F)ccc(N)c3F)c2c1C. The quantitative estimate of drug-likeness (QED) is 0.613. The molecule has 3 aromatic rings. The van der Waals surface area contributed by atoms with Gasteiger partial charge in [-0.3, -0.25) is 5.32 Å². The summed E-state index contributed by atoms with van der Waals surface area (Å²) >= 11 is 1.47. The van der Waals surface area contributed by atoms with Crippen LogP contribution in [0.3, 0.4) is 0 Å². The van der Waals surface area contributed by atoms with E-state index in [1.807, 2.05) is 13.8 Å². The van der Waals surface area contributed by atoms with Crippen LogP contribution in [-0.4, -0.2) is 16.0 Å². The molecule has 2 heterocycles. The second-order valence-electron chi connectivity index (χ2n) is 5.09. The first-order valence-electron chi connectivity index (χ1n) is 6.90. The normalized spacial score (nSPS) is 10.8. The smallest absolute Gasteiger partial charge is 0.325 e. The van der Waals surface area contributed by atoms with E-state index in [1.165, 1.54) is 17.7 Å². The number of hydrogen-bond donors (Lipinski definition) is 3. The Bertz CT molecular complexity index is 957. The van der Waals surface area contributed by atoms with Crippen LogP contribution in [0.15, 0.2) is 18.5 Å². The Kier molecular flexibility index (Phi) is 4.02. The molecular weight excluding hydrogens is 336 g/mol. The maximum Gasteiger partial charge on any atom is 0.325 e. The fourth-order valence-electron chi connectivity index (χ4n) is 2.21. The maximum atomic E-state index is 13.9. The number of nitrogens with one attached hydrogen (secondary N) is 2. The first-order valence-corrected chi connectivity index (χ1v) is 7.72. The molecule has 0 unspecified atom stereocenters. The summed E-state index contributed by atoms with van der Waals surface area (Å²) in [6, 6.07) is 1.23. The molecule has 1 aromatic carbocycles. The number of hydrogen-bond acceptors (Lipinski definition) is 5. The topological polar surface area (TPSA) is 92.9 Å². The minimum atomic E-state index is -1.03. The number of halogens is 2. The number of rotatable bonds is 2. The molecule has 2 aromatic heterocycles. The molecule has 0 aliphatic rings. The number of benzene rings is 1. The van der Waals surface area contributed by atoms with Crippen LogP contribution >= 0.6 is 11.3 Å². The van der Waals surface area contributed by atoms with Gasteiger partial charge in [-0.05, 0) is 31.5 Å². The van der Waals surface area contributed by atoms with E-state index in [0.717, 1.165) is 27.4 Å². The van der Waals surface area contributed by atoms with Gasteiger partial charge in [0.25, 0.3) is 0 Å². The van der Waals surface area contributed by atoms with Gasteiger partial charge in [0.1, 0.15) is 28.5 Å². The molecule has 0 radical (unpaired) electrons. The van der Waals surface area contributed by atoms with E-state index < -0.39 is 23.4 Å². The average Bonchev–Trinajstić information content (AvgIpc) is 2.83. The van der Waals surface area contributed by atoms with E-state index in [2.05, 4.69) is 20.6 Å². The van der Waals surface area contributed by atoms with Crippen molar-refractivity contribution >= 4 is 44.8 Å². The molecule has 0 bridgehead atoms. The Morgan fingerprint density at radius 1 is 1.21 bits per heavy atom. The van der Waals surface area contributed by atoms with Crippen molar-refractivity contribution in [1.82, 2.24) is 9.97 Å². The van der Waals surface area contributed by atoms with Gasteiger partial charge in [0.15, 0.2) is 5.82 Å². The molecule has 6 nitrogen and oxygen atoms in total. The zero-order chi connectivity index (χ0) is 17.4. The number of nitrogens with two attached hydrogens (primary N) is 1.